The minimum atomic E-state index is 0. The Morgan fingerprint density at radius 3 is 2.19 bits per heavy atom. The lowest BCUT2D eigenvalue weighted by molar-refractivity contribution is -0.673. The van der Waals surface area contributed by atoms with E-state index in [-0.39, 0.29) is 24.0 Å². The van der Waals surface area contributed by atoms with E-state index in [1.54, 1.807) is 0 Å². The zero-order valence-corrected chi connectivity index (χ0v) is 16.8. The van der Waals surface area contributed by atoms with Crippen LogP contribution in [0.5, 0.6) is 0 Å². The Hall–Kier alpha value is -2.47. The van der Waals surface area contributed by atoms with Crippen LogP contribution in [-0.4, -0.2) is 10.9 Å². The van der Waals surface area contributed by atoms with Gasteiger partial charge in [-0.3, -0.25) is 4.79 Å². The van der Waals surface area contributed by atoms with Gasteiger partial charge in [-0.2, -0.15) is 0 Å². The normalized spacial score (nSPS) is 11.2. The Labute approximate surface area is 169 Å². The van der Waals surface area contributed by atoms with Crippen LogP contribution in [0.2, 0.25) is 0 Å². The highest BCUT2D eigenvalue weighted by molar-refractivity contribution is 6.09. The molecule has 4 aromatic rings. The number of aryl methyl sites for hydroxylation is 2. The monoisotopic (exact) mass is 454 g/mol. The summed E-state index contributed by atoms with van der Waals surface area (Å²) in [6.45, 7) is 0. The van der Waals surface area contributed by atoms with Crippen molar-refractivity contribution in [3.8, 4) is 0 Å². The number of hydrogen-bond acceptors (Lipinski definition) is 1. The molecule has 0 aliphatic rings. The van der Waals surface area contributed by atoms with Crippen LogP contribution in [0, 0.1) is 0 Å². The Morgan fingerprint density at radius 2 is 1.54 bits per heavy atom. The van der Waals surface area contributed by atoms with Crippen molar-refractivity contribution in [2.45, 2.75) is 0 Å². The third kappa shape index (κ3) is 3.17. The molecule has 0 bridgehead atoms. The summed E-state index contributed by atoms with van der Waals surface area (Å²) in [5.74, 6) is 0. The molecule has 0 unspecified atom stereocenters. The SMILES string of the molecule is Cn1c2cc(C=O)ccc2c2ccc(/C=C/c3cccc[n+]3C)cc21.[I-]. The van der Waals surface area contributed by atoms with Gasteiger partial charge in [0.05, 0.1) is 0 Å². The van der Waals surface area contributed by atoms with E-state index < -0.39 is 0 Å². The largest absolute Gasteiger partial charge is 1.00 e. The van der Waals surface area contributed by atoms with Crippen molar-refractivity contribution in [1.29, 1.82) is 0 Å². The van der Waals surface area contributed by atoms with E-state index in [1.807, 2.05) is 50.6 Å². The molecular formula is C22H19IN2O. The number of rotatable bonds is 3. The van der Waals surface area contributed by atoms with Crippen molar-refractivity contribution in [3.63, 3.8) is 0 Å². The first-order valence-corrected chi connectivity index (χ1v) is 8.27. The molecule has 0 radical (unpaired) electrons. The molecule has 0 saturated carbocycles. The molecule has 130 valence electrons. The summed E-state index contributed by atoms with van der Waals surface area (Å²) in [7, 11) is 4.08. The molecule has 3 nitrogen and oxygen atoms in total. The molecule has 0 atom stereocenters. The second kappa shape index (κ2) is 7.41. The van der Waals surface area contributed by atoms with Crippen LogP contribution >= 0.6 is 0 Å². The van der Waals surface area contributed by atoms with Gasteiger partial charge < -0.3 is 28.5 Å². The Morgan fingerprint density at radius 1 is 0.885 bits per heavy atom. The number of nitrogens with zero attached hydrogens (tertiary/aromatic N) is 2. The summed E-state index contributed by atoms with van der Waals surface area (Å²) in [4.78, 5) is 11.1. The van der Waals surface area contributed by atoms with E-state index >= 15 is 0 Å². The Bertz CT molecular complexity index is 1140. The van der Waals surface area contributed by atoms with Crippen molar-refractivity contribution in [2.24, 2.45) is 14.1 Å². The van der Waals surface area contributed by atoms with Crippen LogP contribution in [0.1, 0.15) is 21.6 Å². The topological polar surface area (TPSA) is 25.9 Å². The standard InChI is InChI=1S/C22H19N2O.HI/c1-23-12-4-3-5-18(23)9-6-16-7-10-19-20-11-8-17(15-25)14-22(20)24(2)21(19)13-16;/h3-15H,1-2H3;1H/q+1;/p-1. The van der Waals surface area contributed by atoms with Gasteiger partial charge in [-0.15, -0.1) is 0 Å². The van der Waals surface area contributed by atoms with E-state index in [2.05, 4.69) is 45.6 Å². The summed E-state index contributed by atoms with van der Waals surface area (Å²) in [6, 6.07) is 18.5. The molecule has 4 rings (SSSR count). The first kappa shape index (κ1) is 18.3. The van der Waals surface area contributed by atoms with Crippen LogP contribution in [0.15, 0.2) is 60.8 Å². The quantitative estimate of drug-likeness (QED) is 0.259. The average molecular weight is 454 g/mol. The maximum atomic E-state index is 11.1. The van der Waals surface area contributed by atoms with Gasteiger partial charge in [-0.05, 0) is 29.8 Å². The number of carbonyl (C=O) groups is 1. The van der Waals surface area contributed by atoms with Crippen molar-refractivity contribution in [2.75, 3.05) is 0 Å². The van der Waals surface area contributed by atoms with Gasteiger partial charge in [0.15, 0.2) is 6.20 Å². The van der Waals surface area contributed by atoms with Crippen molar-refractivity contribution >= 4 is 40.2 Å². The Balaban J connectivity index is 0.00000196. The maximum absolute atomic E-state index is 11.1. The molecule has 4 heteroatoms. The zero-order valence-electron chi connectivity index (χ0n) is 14.7. The first-order valence-electron chi connectivity index (χ1n) is 8.27. The minimum absolute atomic E-state index is 0. The number of aldehydes is 1. The van der Waals surface area contributed by atoms with E-state index in [0.29, 0.717) is 5.56 Å². The molecule has 0 fully saturated rings. The molecule has 0 aliphatic carbocycles. The molecule has 2 heterocycles. The second-order valence-corrected chi connectivity index (χ2v) is 6.30. The molecule has 0 saturated heterocycles. The molecule has 26 heavy (non-hydrogen) atoms. The number of aromatic nitrogens is 2. The summed E-state index contributed by atoms with van der Waals surface area (Å²) in [5, 5.41) is 2.38. The number of benzene rings is 2. The van der Waals surface area contributed by atoms with E-state index in [1.165, 1.54) is 10.8 Å². The number of carbonyl (C=O) groups excluding carboxylic acids is 1. The van der Waals surface area contributed by atoms with Gasteiger partial charge in [-0.25, -0.2) is 4.57 Å². The fourth-order valence-corrected chi connectivity index (χ4v) is 3.31. The van der Waals surface area contributed by atoms with Crippen LogP contribution < -0.4 is 28.5 Å². The van der Waals surface area contributed by atoms with Crippen molar-refractivity contribution in [1.82, 2.24) is 4.57 Å². The van der Waals surface area contributed by atoms with Gasteiger partial charge in [0.25, 0.3) is 0 Å². The smallest absolute Gasteiger partial charge is 0.204 e. The predicted molar refractivity (Wildman–Crippen MR) is 102 cm³/mol. The fourth-order valence-electron chi connectivity index (χ4n) is 3.31. The summed E-state index contributed by atoms with van der Waals surface area (Å²) < 4.78 is 4.24. The van der Waals surface area contributed by atoms with Crippen LogP contribution in [0.3, 0.4) is 0 Å². The lowest BCUT2D eigenvalue weighted by atomic mass is 10.1. The van der Waals surface area contributed by atoms with Crippen LogP contribution in [-0.2, 0) is 14.1 Å². The van der Waals surface area contributed by atoms with E-state index in [4.69, 9.17) is 0 Å². The number of hydrogen-bond donors (Lipinski definition) is 0. The van der Waals surface area contributed by atoms with E-state index in [0.717, 1.165) is 28.6 Å². The van der Waals surface area contributed by atoms with Crippen molar-refractivity contribution in [3.05, 3.63) is 77.6 Å². The number of pyridine rings is 1. The number of fused-ring (bicyclic) bond motifs is 3. The predicted octanol–water partition coefficient (Wildman–Crippen LogP) is 1.14. The molecule has 2 aromatic carbocycles. The third-order valence-electron chi connectivity index (χ3n) is 4.73. The highest BCUT2D eigenvalue weighted by atomic mass is 127. The zero-order chi connectivity index (χ0) is 17.4. The summed E-state index contributed by atoms with van der Waals surface area (Å²) in [6.07, 6.45) is 7.18. The van der Waals surface area contributed by atoms with Crippen LogP contribution in [0.25, 0.3) is 34.0 Å². The molecule has 0 amide bonds. The van der Waals surface area contributed by atoms with Crippen LogP contribution in [0.4, 0.5) is 0 Å². The Kier molecular flexibility index (Phi) is 5.23. The molecule has 2 aromatic heterocycles. The fraction of sp³-hybridized carbons (Fsp3) is 0.0909. The lowest BCUT2D eigenvalue weighted by Crippen LogP contribution is -3.00. The highest BCUT2D eigenvalue weighted by Gasteiger charge is 2.09. The molecular weight excluding hydrogens is 435 g/mol. The second-order valence-electron chi connectivity index (χ2n) is 6.30. The summed E-state index contributed by atoms with van der Waals surface area (Å²) >= 11 is 0. The first-order chi connectivity index (χ1) is 12.2. The third-order valence-corrected chi connectivity index (χ3v) is 4.73. The van der Waals surface area contributed by atoms with Gasteiger partial charge >= 0.3 is 0 Å². The van der Waals surface area contributed by atoms with Gasteiger partial charge in [-0.1, -0.05) is 24.3 Å². The maximum Gasteiger partial charge on any atom is 0.204 e. The van der Waals surface area contributed by atoms with Gasteiger partial charge in [0.2, 0.25) is 5.69 Å². The van der Waals surface area contributed by atoms with Crippen molar-refractivity contribution < 1.29 is 33.3 Å². The lowest BCUT2D eigenvalue weighted by Gasteiger charge is -2.00. The van der Waals surface area contributed by atoms with Gasteiger partial charge in [0, 0.05) is 52.6 Å². The molecule has 0 spiro atoms. The molecule has 0 N–H and O–H groups in total. The van der Waals surface area contributed by atoms with Gasteiger partial charge in [0.1, 0.15) is 13.3 Å². The van der Waals surface area contributed by atoms with E-state index in [9.17, 15) is 4.79 Å². The minimum Gasteiger partial charge on any atom is -1.00 e. The summed E-state index contributed by atoms with van der Waals surface area (Å²) in [5.41, 5.74) is 5.25. The highest BCUT2D eigenvalue weighted by Crippen LogP contribution is 2.29. The number of halogens is 1. The molecule has 0 aliphatic heterocycles. The average Bonchev–Trinajstić information content (AvgIpc) is 2.92.